The van der Waals surface area contributed by atoms with Gasteiger partial charge >= 0.3 is 0 Å². The minimum Gasteiger partial charge on any atom is -0.313 e. The highest BCUT2D eigenvalue weighted by Crippen LogP contribution is 2.27. The second kappa shape index (κ2) is 6.55. The van der Waals surface area contributed by atoms with Gasteiger partial charge in [-0.1, -0.05) is 72.8 Å². The summed E-state index contributed by atoms with van der Waals surface area (Å²) in [5.74, 6) is 0. The van der Waals surface area contributed by atoms with E-state index >= 15 is 0 Å². The lowest BCUT2D eigenvalue weighted by Gasteiger charge is -2.19. The molecule has 0 heterocycles. The average Bonchev–Trinajstić information content (AvgIpc) is 2.56. The molecule has 1 nitrogen and oxygen atoms in total. The molecule has 1 unspecified atom stereocenters. The van der Waals surface area contributed by atoms with E-state index in [9.17, 15) is 0 Å². The van der Waals surface area contributed by atoms with Gasteiger partial charge in [-0.25, -0.2) is 0 Å². The van der Waals surface area contributed by atoms with Crippen molar-refractivity contribution in [1.29, 1.82) is 0 Å². The van der Waals surface area contributed by atoms with E-state index in [1.165, 1.54) is 21.9 Å². The van der Waals surface area contributed by atoms with E-state index in [2.05, 4.69) is 85.2 Å². The molecule has 3 aromatic rings. The fraction of sp³-hybridized carbons (Fsp3) is 0.200. The van der Waals surface area contributed by atoms with Crippen molar-refractivity contribution in [2.24, 2.45) is 0 Å². The second-order valence-electron chi connectivity index (χ2n) is 5.43. The fourth-order valence-electron chi connectivity index (χ4n) is 2.97. The molecular formula is C20H21N. The van der Waals surface area contributed by atoms with Gasteiger partial charge in [0.25, 0.3) is 0 Å². The first-order valence-corrected chi connectivity index (χ1v) is 7.57. The number of benzene rings is 3. The van der Waals surface area contributed by atoms with Crippen LogP contribution in [0.15, 0.2) is 72.8 Å². The highest BCUT2D eigenvalue weighted by Gasteiger charge is 2.12. The quantitative estimate of drug-likeness (QED) is 0.709. The molecule has 0 saturated heterocycles. The number of aryl methyl sites for hydroxylation is 1. The Kier molecular flexibility index (Phi) is 4.32. The first-order valence-electron chi connectivity index (χ1n) is 7.57. The molecule has 3 rings (SSSR count). The molecule has 0 radical (unpaired) electrons. The molecule has 0 fully saturated rings. The Balaban J connectivity index is 1.85. The van der Waals surface area contributed by atoms with Crippen LogP contribution in [0, 0.1) is 0 Å². The van der Waals surface area contributed by atoms with E-state index < -0.39 is 0 Å². The standard InChI is InChI=1S/C20H21N/c1-21-20(15-14-16-8-3-2-4-9-16)19-13-7-11-17-10-5-6-12-18(17)19/h2-13,20-21H,14-15H2,1H3. The van der Waals surface area contributed by atoms with Gasteiger partial charge in [-0.15, -0.1) is 0 Å². The number of fused-ring (bicyclic) bond motifs is 1. The van der Waals surface area contributed by atoms with Crippen LogP contribution in [0.5, 0.6) is 0 Å². The van der Waals surface area contributed by atoms with Crippen molar-refractivity contribution < 1.29 is 0 Å². The molecule has 0 bridgehead atoms. The first-order chi connectivity index (χ1) is 10.4. The molecule has 0 amide bonds. The summed E-state index contributed by atoms with van der Waals surface area (Å²) < 4.78 is 0. The summed E-state index contributed by atoms with van der Waals surface area (Å²) in [6, 6.07) is 26.3. The summed E-state index contributed by atoms with van der Waals surface area (Å²) in [5.41, 5.74) is 2.80. The largest absolute Gasteiger partial charge is 0.313 e. The van der Waals surface area contributed by atoms with E-state index in [0.29, 0.717) is 6.04 Å². The van der Waals surface area contributed by atoms with Gasteiger partial charge in [0.1, 0.15) is 0 Å². The zero-order valence-corrected chi connectivity index (χ0v) is 12.4. The molecule has 0 spiro atoms. The van der Waals surface area contributed by atoms with Gasteiger partial charge < -0.3 is 5.32 Å². The maximum atomic E-state index is 3.48. The summed E-state index contributed by atoms with van der Waals surface area (Å²) in [5, 5.41) is 6.15. The second-order valence-corrected chi connectivity index (χ2v) is 5.43. The molecule has 0 aliphatic carbocycles. The van der Waals surface area contributed by atoms with Crippen LogP contribution in [0.2, 0.25) is 0 Å². The Bertz CT molecular complexity index is 698. The van der Waals surface area contributed by atoms with Crippen LogP contribution in [0.25, 0.3) is 10.8 Å². The molecule has 0 aliphatic rings. The molecular weight excluding hydrogens is 254 g/mol. The molecule has 1 atom stereocenters. The van der Waals surface area contributed by atoms with E-state index in [-0.39, 0.29) is 0 Å². The molecule has 3 aromatic carbocycles. The number of nitrogens with one attached hydrogen (secondary N) is 1. The van der Waals surface area contributed by atoms with Crippen LogP contribution in [0.1, 0.15) is 23.6 Å². The predicted octanol–water partition coefficient (Wildman–Crippen LogP) is 4.73. The van der Waals surface area contributed by atoms with Crippen molar-refractivity contribution in [3.05, 3.63) is 83.9 Å². The van der Waals surface area contributed by atoms with Gasteiger partial charge in [0.05, 0.1) is 0 Å². The highest BCUT2D eigenvalue weighted by atomic mass is 14.9. The molecule has 1 heteroatoms. The molecule has 0 aliphatic heterocycles. The molecule has 0 saturated carbocycles. The van der Waals surface area contributed by atoms with Crippen LogP contribution < -0.4 is 5.32 Å². The zero-order chi connectivity index (χ0) is 14.5. The number of rotatable bonds is 5. The van der Waals surface area contributed by atoms with Gasteiger partial charge in [0.2, 0.25) is 0 Å². The van der Waals surface area contributed by atoms with Gasteiger partial charge in [0.15, 0.2) is 0 Å². The van der Waals surface area contributed by atoms with Crippen molar-refractivity contribution in [1.82, 2.24) is 5.32 Å². The van der Waals surface area contributed by atoms with E-state index in [1.54, 1.807) is 0 Å². The van der Waals surface area contributed by atoms with Crippen molar-refractivity contribution in [2.45, 2.75) is 18.9 Å². The van der Waals surface area contributed by atoms with E-state index in [1.807, 2.05) is 0 Å². The SMILES string of the molecule is CNC(CCc1ccccc1)c1cccc2ccccc12. The minimum atomic E-state index is 0.385. The summed E-state index contributed by atoms with van der Waals surface area (Å²) in [6.07, 6.45) is 2.20. The number of hydrogen-bond donors (Lipinski definition) is 1. The van der Waals surface area contributed by atoms with Crippen LogP contribution in [0.3, 0.4) is 0 Å². The molecule has 106 valence electrons. The Labute approximate surface area is 126 Å². The topological polar surface area (TPSA) is 12.0 Å². The van der Waals surface area contributed by atoms with Gasteiger partial charge in [-0.2, -0.15) is 0 Å². The maximum Gasteiger partial charge on any atom is 0.0326 e. The molecule has 0 aromatic heterocycles. The van der Waals surface area contributed by atoms with Gasteiger partial charge in [0, 0.05) is 6.04 Å². The first kappa shape index (κ1) is 13.8. The van der Waals surface area contributed by atoms with E-state index in [4.69, 9.17) is 0 Å². The van der Waals surface area contributed by atoms with Crippen molar-refractivity contribution in [2.75, 3.05) is 7.05 Å². The number of hydrogen-bond acceptors (Lipinski definition) is 1. The lowest BCUT2D eigenvalue weighted by Crippen LogP contribution is -2.17. The Morgan fingerprint density at radius 3 is 2.33 bits per heavy atom. The van der Waals surface area contributed by atoms with Crippen molar-refractivity contribution in [3.63, 3.8) is 0 Å². The summed E-state index contributed by atoms with van der Waals surface area (Å²) in [7, 11) is 2.05. The van der Waals surface area contributed by atoms with Crippen molar-refractivity contribution >= 4 is 10.8 Å². The van der Waals surface area contributed by atoms with Gasteiger partial charge in [-0.05, 0) is 41.8 Å². The Morgan fingerprint density at radius 2 is 1.52 bits per heavy atom. The monoisotopic (exact) mass is 275 g/mol. The van der Waals surface area contributed by atoms with Crippen LogP contribution in [-0.2, 0) is 6.42 Å². The van der Waals surface area contributed by atoms with Gasteiger partial charge in [-0.3, -0.25) is 0 Å². The van der Waals surface area contributed by atoms with Crippen LogP contribution in [0.4, 0.5) is 0 Å². The maximum absolute atomic E-state index is 3.48. The molecule has 1 N–H and O–H groups in total. The average molecular weight is 275 g/mol. The smallest absolute Gasteiger partial charge is 0.0326 e. The summed E-state index contributed by atoms with van der Waals surface area (Å²) >= 11 is 0. The van der Waals surface area contributed by atoms with Crippen molar-refractivity contribution in [3.8, 4) is 0 Å². The predicted molar refractivity (Wildman–Crippen MR) is 90.5 cm³/mol. The van der Waals surface area contributed by atoms with Crippen LogP contribution >= 0.6 is 0 Å². The lowest BCUT2D eigenvalue weighted by atomic mass is 9.94. The third kappa shape index (κ3) is 3.14. The zero-order valence-electron chi connectivity index (χ0n) is 12.4. The van der Waals surface area contributed by atoms with Crippen LogP contribution in [-0.4, -0.2) is 7.05 Å². The summed E-state index contributed by atoms with van der Waals surface area (Å²) in [6.45, 7) is 0. The Hall–Kier alpha value is -2.12. The minimum absolute atomic E-state index is 0.385. The molecule has 21 heavy (non-hydrogen) atoms. The highest BCUT2D eigenvalue weighted by molar-refractivity contribution is 5.86. The Morgan fingerprint density at radius 1 is 0.810 bits per heavy atom. The summed E-state index contributed by atoms with van der Waals surface area (Å²) in [4.78, 5) is 0. The normalized spacial score (nSPS) is 12.4. The fourth-order valence-corrected chi connectivity index (χ4v) is 2.97. The third-order valence-corrected chi connectivity index (χ3v) is 4.11. The van der Waals surface area contributed by atoms with E-state index in [0.717, 1.165) is 12.8 Å². The lowest BCUT2D eigenvalue weighted by molar-refractivity contribution is 0.553. The third-order valence-electron chi connectivity index (χ3n) is 4.11.